The van der Waals surface area contributed by atoms with Crippen molar-refractivity contribution >= 4 is 33.7 Å². The largest absolute Gasteiger partial charge is 0.371 e. The zero-order chi connectivity index (χ0) is 20.4. The summed E-state index contributed by atoms with van der Waals surface area (Å²) in [6, 6.07) is 10.6. The SMILES string of the molecule is Cc1cccc(C(=O)Nc2ccc(N3CCCCC3)c3ccncc23)c1[N+](=O)[O-]. The van der Waals surface area contributed by atoms with Crippen LogP contribution in [-0.4, -0.2) is 28.9 Å². The van der Waals surface area contributed by atoms with Gasteiger partial charge in [0.1, 0.15) is 5.56 Å². The van der Waals surface area contributed by atoms with E-state index in [0.717, 1.165) is 29.5 Å². The molecule has 2 aromatic carbocycles. The van der Waals surface area contributed by atoms with Crippen molar-refractivity contribution < 1.29 is 9.72 Å². The van der Waals surface area contributed by atoms with E-state index in [1.807, 2.05) is 18.2 Å². The number of carbonyl (C=O) groups is 1. The first-order valence-corrected chi connectivity index (χ1v) is 9.73. The number of hydrogen-bond donors (Lipinski definition) is 1. The molecule has 7 heteroatoms. The van der Waals surface area contributed by atoms with E-state index in [9.17, 15) is 14.9 Å². The molecule has 1 N–H and O–H groups in total. The highest BCUT2D eigenvalue weighted by atomic mass is 16.6. The summed E-state index contributed by atoms with van der Waals surface area (Å²) in [5.41, 5.74) is 2.05. The van der Waals surface area contributed by atoms with E-state index in [2.05, 4.69) is 15.2 Å². The van der Waals surface area contributed by atoms with Crippen molar-refractivity contribution in [3.8, 4) is 0 Å². The number of para-hydroxylation sites is 1. The molecule has 0 radical (unpaired) electrons. The normalized spacial score (nSPS) is 14.0. The van der Waals surface area contributed by atoms with Crippen molar-refractivity contribution in [2.24, 2.45) is 0 Å². The van der Waals surface area contributed by atoms with Crippen LogP contribution in [0.4, 0.5) is 17.1 Å². The van der Waals surface area contributed by atoms with E-state index in [4.69, 9.17) is 0 Å². The Morgan fingerprint density at radius 2 is 1.90 bits per heavy atom. The molecule has 1 aliphatic heterocycles. The van der Waals surface area contributed by atoms with Crippen molar-refractivity contribution in [1.29, 1.82) is 0 Å². The minimum Gasteiger partial charge on any atom is -0.371 e. The smallest absolute Gasteiger partial charge is 0.285 e. The van der Waals surface area contributed by atoms with Gasteiger partial charge in [-0.3, -0.25) is 19.9 Å². The second kappa shape index (κ2) is 7.87. The highest BCUT2D eigenvalue weighted by Gasteiger charge is 2.23. The monoisotopic (exact) mass is 390 g/mol. The van der Waals surface area contributed by atoms with Crippen LogP contribution in [0.5, 0.6) is 0 Å². The van der Waals surface area contributed by atoms with E-state index >= 15 is 0 Å². The molecule has 0 spiro atoms. The maximum Gasteiger partial charge on any atom is 0.285 e. The first-order chi connectivity index (χ1) is 14.1. The third-order valence-corrected chi connectivity index (χ3v) is 5.40. The number of anilines is 2. The van der Waals surface area contributed by atoms with Crippen LogP contribution in [0.2, 0.25) is 0 Å². The molecule has 0 atom stereocenters. The van der Waals surface area contributed by atoms with Gasteiger partial charge in [-0.15, -0.1) is 0 Å². The zero-order valence-corrected chi connectivity index (χ0v) is 16.2. The first-order valence-electron chi connectivity index (χ1n) is 9.73. The fraction of sp³-hybridized carbons (Fsp3) is 0.273. The number of amides is 1. The average Bonchev–Trinajstić information content (AvgIpc) is 2.74. The second-order valence-electron chi connectivity index (χ2n) is 7.28. The Kier molecular flexibility index (Phi) is 5.12. The molecule has 1 aromatic heterocycles. The molecule has 148 valence electrons. The summed E-state index contributed by atoms with van der Waals surface area (Å²) in [6.07, 6.45) is 7.05. The Balaban J connectivity index is 1.72. The number of aromatic nitrogens is 1. The summed E-state index contributed by atoms with van der Waals surface area (Å²) in [4.78, 5) is 30.4. The van der Waals surface area contributed by atoms with Gasteiger partial charge in [0.2, 0.25) is 0 Å². The highest BCUT2D eigenvalue weighted by Crippen LogP contribution is 2.34. The van der Waals surface area contributed by atoms with Crippen LogP contribution >= 0.6 is 0 Å². The molecular weight excluding hydrogens is 368 g/mol. The Morgan fingerprint density at radius 1 is 1.10 bits per heavy atom. The number of nitro benzene ring substituents is 1. The van der Waals surface area contributed by atoms with Gasteiger partial charge in [0.25, 0.3) is 11.6 Å². The van der Waals surface area contributed by atoms with Gasteiger partial charge in [-0.1, -0.05) is 12.1 Å². The fourth-order valence-corrected chi connectivity index (χ4v) is 3.97. The van der Waals surface area contributed by atoms with Crippen LogP contribution in [0.3, 0.4) is 0 Å². The number of benzene rings is 2. The van der Waals surface area contributed by atoms with E-state index in [1.54, 1.807) is 31.5 Å². The number of fused-ring (bicyclic) bond motifs is 1. The molecule has 7 nitrogen and oxygen atoms in total. The number of rotatable bonds is 4. The topological polar surface area (TPSA) is 88.4 Å². The Bertz CT molecular complexity index is 1090. The summed E-state index contributed by atoms with van der Waals surface area (Å²) in [5, 5.41) is 16.1. The number of pyridine rings is 1. The van der Waals surface area contributed by atoms with Gasteiger partial charge in [0, 0.05) is 47.5 Å². The van der Waals surface area contributed by atoms with E-state index in [0.29, 0.717) is 11.3 Å². The predicted molar refractivity (Wildman–Crippen MR) is 114 cm³/mol. The molecule has 29 heavy (non-hydrogen) atoms. The lowest BCUT2D eigenvalue weighted by atomic mass is 10.0. The highest BCUT2D eigenvalue weighted by molar-refractivity contribution is 6.12. The molecule has 4 rings (SSSR count). The molecule has 1 fully saturated rings. The lowest BCUT2D eigenvalue weighted by Crippen LogP contribution is -2.29. The van der Waals surface area contributed by atoms with Gasteiger partial charge in [-0.05, 0) is 50.5 Å². The summed E-state index contributed by atoms with van der Waals surface area (Å²) in [5.74, 6) is -0.503. The van der Waals surface area contributed by atoms with Crippen LogP contribution in [0.25, 0.3) is 10.8 Å². The molecule has 3 aromatic rings. The fourth-order valence-electron chi connectivity index (χ4n) is 3.97. The molecular formula is C22H22N4O3. The van der Waals surface area contributed by atoms with Crippen molar-refractivity contribution in [2.75, 3.05) is 23.3 Å². The Morgan fingerprint density at radius 3 is 2.66 bits per heavy atom. The number of nitro groups is 1. The van der Waals surface area contributed by atoms with Gasteiger partial charge in [-0.2, -0.15) is 0 Å². The summed E-state index contributed by atoms with van der Waals surface area (Å²) >= 11 is 0. The van der Waals surface area contributed by atoms with Gasteiger partial charge >= 0.3 is 0 Å². The number of hydrogen-bond acceptors (Lipinski definition) is 5. The van der Waals surface area contributed by atoms with Crippen LogP contribution in [0, 0.1) is 17.0 Å². The van der Waals surface area contributed by atoms with Gasteiger partial charge in [0.05, 0.1) is 10.6 Å². The Hall–Kier alpha value is -3.48. The lowest BCUT2D eigenvalue weighted by Gasteiger charge is -2.30. The van der Waals surface area contributed by atoms with Crippen molar-refractivity contribution in [3.63, 3.8) is 0 Å². The van der Waals surface area contributed by atoms with Gasteiger partial charge in [-0.25, -0.2) is 0 Å². The third-order valence-electron chi connectivity index (χ3n) is 5.40. The molecule has 1 amide bonds. The van der Waals surface area contributed by atoms with E-state index in [-0.39, 0.29) is 11.3 Å². The summed E-state index contributed by atoms with van der Waals surface area (Å²) in [7, 11) is 0. The standard InChI is InChI=1S/C22H22N4O3/c1-15-6-5-7-17(21(15)26(28)29)22(27)24-19-8-9-20(25-12-3-2-4-13-25)16-10-11-23-14-18(16)19/h5-11,14H,2-4,12-13H2,1H3,(H,24,27). The maximum atomic E-state index is 12.9. The van der Waals surface area contributed by atoms with E-state index < -0.39 is 10.8 Å². The molecule has 2 heterocycles. The number of nitrogens with zero attached hydrogens (tertiary/aromatic N) is 3. The molecule has 0 unspecified atom stereocenters. The molecule has 0 bridgehead atoms. The predicted octanol–water partition coefficient (Wildman–Crippen LogP) is 4.69. The van der Waals surface area contributed by atoms with Crippen LogP contribution < -0.4 is 10.2 Å². The van der Waals surface area contributed by atoms with Crippen molar-refractivity contribution in [2.45, 2.75) is 26.2 Å². The average molecular weight is 390 g/mol. The first kappa shape index (κ1) is 18.9. The maximum absolute atomic E-state index is 12.9. The molecule has 0 aliphatic carbocycles. The summed E-state index contributed by atoms with van der Waals surface area (Å²) < 4.78 is 0. The quantitative estimate of drug-likeness (QED) is 0.515. The lowest BCUT2D eigenvalue weighted by molar-refractivity contribution is -0.385. The van der Waals surface area contributed by atoms with Gasteiger partial charge < -0.3 is 10.2 Å². The van der Waals surface area contributed by atoms with Crippen molar-refractivity contribution in [3.05, 3.63) is 70.0 Å². The number of carbonyl (C=O) groups excluding carboxylic acids is 1. The zero-order valence-electron chi connectivity index (χ0n) is 16.2. The number of nitrogens with one attached hydrogen (secondary N) is 1. The van der Waals surface area contributed by atoms with Crippen LogP contribution in [0.1, 0.15) is 35.2 Å². The van der Waals surface area contributed by atoms with E-state index in [1.165, 1.54) is 25.3 Å². The number of piperidine rings is 1. The minimum absolute atomic E-state index is 0.0483. The Labute approximate surface area is 168 Å². The third kappa shape index (κ3) is 3.63. The van der Waals surface area contributed by atoms with Gasteiger partial charge in [0.15, 0.2) is 0 Å². The summed E-state index contributed by atoms with van der Waals surface area (Å²) in [6.45, 7) is 3.65. The minimum atomic E-state index is -0.511. The number of aryl methyl sites for hydroxylation is 1. The molecule has 1 aliphatic rings. The molecule has 0 saturated carbocycles. The second-order valence-corrected chi connectivity index (χ2v) is 7.28. The van der Waals surface area contributed by atoms with Crippen LogP contribution in [-0.2, 0) is 0 Å². The molecule has 1 saturated heterocycles. The van der Waals surface area contributed by atoms with Crippen molar-refractivity contribution in [1.82, 2.24) is 4.98 Å². The van der Waals surface area contributed by atoms with Crippen LogP contribution in [0.15, 0.2) is 48.8 Å².